The van der Waals surface area contributed by atoms with Gasteiger partial charge in [-0.05, 0) is 15.9 Å². The van der Waals surface area contributed by atoms with Crippen LogP contribution in [0.1, 0.15) is 0 Å². The SMILES string of the molecule is BrC1=N[C]NC1. The number of nitrogens with one attached hydrogen (secondary N) is 1. The first-order valence-electron chi connectivity index (χ1n) is 1.59. The van der Waals surface area contributed by atoms with Crippen LogP contribution in [0.4, 0.5) is 0 Å². The molecule has 0 saturated heterocycles. The third kappa shape index (κ3) is 0.786. The van der Waals surface area contributed by atoms with E-state index in [-0.39, 0.29) is 0 Å². The fraction of sp³-hybridized carbons (Fsp3) is 0.333. The van der Waals surface area contributed by atoms with E-state index in [0.29, 0.717) is 0 Å². The van der Waals surface area contributed by atoms with E-state index in [1.54, 1.807) is 0 Å². The summed E-state index contributed by atoms with van der Waals surface area (Å²) >= 11 is 3.16. The lowest BCUT2D eigenvalue weighted by molar-refractivity contribution is 0.965. The van der Waals surface area contributed by atoms with Crippen LogP contribution in [0, 0.1) is 6.67 Å². The van der Waals surface area contributed by atoms with E-state index < -0.39 is 0 Å². The summed E-state index contributed by atoms with van der Waals surface area (Å²) in [5.74, 6) is 0. The van der Waals surface area contributed by atoms with Gasteiger partial charge in [0.05, 0.1) is 4.62 Å². The van der Waals surface area contributed by atoms with Gasteiger partial charge < -0.3 is 0 Å². The maximum atomic E-state index is 3.71. The van der Waals surface area contributed by atoms with Gasteiger partial charge in [-0.3, -0.25) is 10.3 Å². The van der Waals surface area contributed by atoms with Gasteiger partial charge in [0, 0.05) is 6.54 Å². The van der Waals surface area contributed by atoms with Crippen molar-refractivity contribution in [3.63, 3.8) is 0 Å². The summed E-state index contributed by atoms with van der Waals surface area (Å²) in [5, 5.41) is 2.77. The van der Waals surface area contributed by atoms with Crippen LogP contribution >= 0.6 is 15.9 Å². The van der Waals surface area contributed by atoms with Crippen LogP contribution in [0.2, 0.25) is 0 Å². The molecule has 32 valence electrons. The molecule has 0 bridgehead atoms. The number of rotatable bonds is 0. The molecule has 3 heteroatoms. The largest absolute Gasteiger partial charge is 0.280 e. The molecule has 2 nitrogen and oxygen atoms in total. The number of aliphatic imine (C=N–C) groups is 1. The molecule has 0 saturated carbocycles. The quantitative estimate of drug-likeness (QED) is 0.526. The Kier molecular flexibility index (Phi) is 1.22. The van der Waals surface area contributed by atoms with Gasteiger partial charge in [0.1, 0.15) is 0 Å². The summed E-state index contributed by atoms with van der Waals surface area (Å²) < 4.78 is 0.919. The Labute approximate surface area is 44.8 Å². The van der Waals surface area contributed by atoms with E-state index in [4.69, 9.17) is 0 Å². The van der Waals surface area contributed by atoms with E-state index in [1.807, 2.05) is 0 Å². The number of hydrogen-bond acceptors (Lipinski definition) is 2. The lowest BCUT2D eigenvalue weighted by Gasteiger charge is -1.76. The lowest BCUT2D eigenvalue weighted by atomic mass is 10.8. The first-order chi connectivity index (χ1) is 2.89. The van der Waals surface area contributed by atoms with Gasteiger partial charge in [0.25, 0.3) is 0 Å². The minimum absolute atomic E-state index is 0.792. The van der Waals surface area contributed by atoms with Gasteiger partial charge in [-0.15, -0.1) is 0 Å². The molecule has 0 spiro atoms. The van der Waals surface area contributed by atoms with Crippen molar-refractivity contribution < 1.29 is 0 Å². The highest BCUT2D eigenvalue weighted by Crippen LogP contribution is 1.94. The molecule has 0 aliphatic carbocycles. The van der Waals surface area contributed by atoms with Crippen molar-refractivity contribution in [3.8, 4) is 0 Å². The highest BCUT2D eigenvalue weighted by Gasteiger charge is 1.98. The van der Waals surface area contributed by atoms with Crippen molar-refractivity contribution in [2.75, 3.05) is 6.54 Å². The van der Waals surface area contributed by atoms with Crippen molar-refractivity contribution in [1.29, 1.82) is 0 Å². The zero-order valence-electron chi connectivity index (χ0n) is 3.03. The van der Waals surface area contributed by atoms with Crippen molar-refractivity contribution >= 4 is 20.6 Å². The second kappa shape index (κ2) is 1.71. The molecule has 1 N–H and O–H groups in total. The van der Waals surface area contributed by atoms with Crippen LogP contribution in [0.25, 0.3) is 0 Å². The van der Waals surface area contributed by atoms with Crippen LogP contribution in [-0.2, 0) is 0 Å². The summed E-state index contributed by atoms with van der Waals surface area (Å²) in [6.07, 6.45) is 0. The van der Waals surface area contributed by atoms with Gasteiger partial charge in [-0.2, -0.15) is 0 Å². The Morgan fingerprint density at radius 1 is 2.00 bits per heavy atom. The maximum absolute atomic E-state index is 3.71. The molecule has 0 aromatic rings. The van der Waals surface area contributed by atoms with Crippen molar-refractivity contribution in [2.24, 2.45) is 4.99 Å². The van der Waals surface area contributed by atoms with E-state index in [2.05, 4.69) is 32.9 Å². The molecule has 2 radical (unpaired) electrons. The van der Waals surface area contributed by atoms with Gasteiger partial charge >= 0.3 is 0 Å². The summed E-state index contributed by atoms with van der Waals surface area (Å²) in [6.45, 7) is 3.35. The van der Waals surface area contributed by atoms with Gasteiger partial charge in [0.15, 0.2) is 6.67 Å². The Balaban J connectivity index is 2.45. The summed E-state index contributed by atoms with van der Waals surface area (Å²) in [5.41, 5.74) is 0. The second-order valence-electron chi connectivity index (χ2n) is 0.953. The Hall–Kier alpha value is 0.110. The van der Waals surface area contributed by atoms with Crippen molar-refractivity contribution in [3.05, 3.63) is 6.67 Å². The molecule has 1 heterocycles. The fourth-order valence-electron chi connectivity index (χ4n) is 0.252. The summed E-state index contributed by atoms with van der Waals surface area (Å²) in [7, 11) is 0. The summed E-state index contributed by atoms with van der Waals surface area (Å²) in [4.78, 5) is 3.71. The predicted octanol–water partition coefficient (Wildman–Crippen LogP) is 0.379. The molecule has 1 aliphatic heterocycles. The smallest absolute Gasteiger partial charge is 0.197 e. The molecular formula is C3H3BrN2. The van der Waals surface area contributed by atoms with E-state index >= 15 is 0 Å². The fourth-order valence-corrected chi connectivity index (χ4v) is 0.481. The van der Waals surface area contributed by atoms with Crippen LogP contribution in [-0.4, -0.2) is 11.2 Å². The average Bonchev–Trinajstić information content (AvgIpc) is 1.86. The molecule has 0 aromatic heterocycles. The number of hydrogen-bond donors (Lipinski definition) is 1. The monoisotopic (exact) mass is 146 g/mol. The van der Waals surface area contributed by atoms with E-state index in [0.717, 1.165) is 11.2 Å². The minimum Gasteiger partial charge on any atom is -0.280 e. The average molecular weight is 147 g/mol. The molecule has 0 amide bonds. The third-order valence-electron chi connectivity index (χ3n) is 0.491. The van der Waals surface area contributed by atoms with Gasteiger partial charge in [-0.25, -0.2) is 0 Å². The van der Waals surface area contributed by atoms with Crippen LogP contribution in [0.15, 0.2) is 4.99 Å². The van der Waals surface area contributed by atoms with Crippen LogP contribution in [0.3, 0.4) is 0 Å². The second-order valence-corrected chi connectivity index (χ2v) is 1.87. The predicted molar refractivity (Wildman–Crippen MR) is 27.6 cm³/mol. The number of nitrogens with zero attached hydrogens (tertiary/aromatic N) is 1. The molecule has 1 rings (SSSR count). The highest BCUT2D eigenvalue weighted by atomic mass is 79.9. The lowest BCUT2D eigenvalue weighted by Crippen LogP contribution is -2.05. The molecule has 0 unspecified atom stereocenters. The Bertz CT molecular complexity index is 78.9. The molecule has 0 aromatic carbocycles. The standard InChI is InChI=1S/C3H3BrN2/c4-3-1-5-2-6-3/h5H,1H2. The molecule has 0 atom stereocenters. The zero-order valence-corrected chi connectivity index (χ0v) is 4.62. The number of halogens is 1. The molecular weight excluding hydrogens is 144 g/mol. The zero-order chi connectivity index (χ0) is 4.41. The minimum atomic E-state index is 0.792. The Morgan fingerprint density at radius 2 is 2.83 bits per heavy atom. The molecule has 1 aliphatic rings. The normalized spacial score (nSPS) is 21.2. The van der Waals surface area contributed by atoms with E-state index in [1.165, 1.54) is 0 Å². The van der Waals surface area contributed by atoms with Gasteiger partial charge in [-0.1, -0.05) is 0 Å². The van der Waals surface area contributed by atoms with Crippen LogP contribution < -0.4 is 5.32 Å². The topological polar surface area (TPSA) is 24.4 Å². The third-order valence-corrected chi connectivity index (χ3v) is 0.948. The molecule has 6 heavy (non-hydrogen) atoms. The van der Waals surface area contributed by atoms with Crippen molar-refractivity contribution in [2.45, 2.75) is 0 Å². The Morgan fingerprint density at radius 3 is 3.00 bits per heavy atom. The van der Waals surface area contributed by atoms with Crippen LogP contribution in [0.5, 0.6) is 0 Å². The van der Waals surface area contributed by atoms with E-state index in [9.17, 15) is 0 Å². The maximum Gasteiger partial charge on any atom is 0.197 e. The molecule has 0 fully saturated rings. The van der Waals surface area contributed by atoms with Crippen molar-refractivity contribution in [1.82, 2.24) is 5.32 Å². The summed E-state index contributed by atoms with van der Waals surface area (Å²) in [6, 6.07) is 0. The van der Waals surface area contributed by atoms with Gasteiger partial charge in [0.2, 0.25) is 0 Å². The highest BCUT2D eigenvalue weighted by molar-refractivity contribution is 9.18. The first-order valence-corrected chi connectivity index (χ1v) is 2.39. The first kappa shape index (κ1) is 4.27.